The number of hydrogen-bond donors (Lipinski definition) is 0. The molecule has 0 aliphatic heterocycles. The van der Waals surface area contributed by atoms with Gasteiger partial charge in [-0.05, 0) is 31.9 Å². The Labute approximate surface area is 104 Å². The van der Waals surface area contributed by atoms with Crippen LogP contribution in [-0.2, 0) is 4.74 Å². The molecular formula is C12H14FNO4. The average molecular weight is 255 g/mol. The fraction of sp³-hybridized carbons (Fsp3) is 0.417. The summed E-state index contributed by atoms with van der Waals surface area (Å²) in [6.07, 6.45) is -0.118. The minimum absolute atomic E-state index is 0.0854. The first-order valence-electron chi connectivity index (χ1n) is 5.56. The van der Waals surface area contributed by atoms with Gasteiger partial charge in [-0.15, -0.1) is 0 Å². The molecule has 0 bridgehead atoms. The Morgan fingerprint density at radius 1 is 1.44 bits per heavy atom. The lowest BCUT2D eigenvalue weighted by molar-refractivity contribution is -0.384. The number of nitro benzene ring substituents is 1. The Balaban J connectivity index is 2.44. The summed E-state index contributed by atoms with van der Waals surface area (Å²) in [5.41, 5.74) is 0.159. The highest BCUT2D eigenvalue weighted by molar-refractivity contribution is 5.89. The van der Waals surface area contributed by atoms with Crippen LogP contribution in [0.15, 0.2) is 24.3 Å². The summed E-state index contributed by atoms with van der Waals surface area (Å²) in [6, 6.07) is 5.14. The van der Waals surface area contributed by atoms with E-state index in [1.54, 1.807) is 0 Å². The molecule has 18 heavy (non-hydrogen) atoms. The van der Waals surface area contributed by atoms with Crippen molar-refractivity contribution in [3.8, 4) is 0 Å². The van der Waals surface area contributed by atoms with Gasteiger partial charge in [-0.25, -0.2) is 9.18 Å². The summed E-state index contributed by atoms with van der Waals surface area (Å²) >= 11 is 0. The van der Waals surface area contributed by atoms with E-state index in [-0.39, 0.29) is 17.9 Å². The fourth-order valence-corrected chi connectivity index (χ4v) is 1.33. The fourth-order valence-electron chi connectivity index (χ4n) is 1.33. The van der Waals surface area contributed by atoms with Gasteiger partial charge in [0.25, 0.3) is 5.69 Å². The molecule has 0 aliphatic carbocycles. The van der Waals surface area contributed by atoms with E-state index >= 15 is 0 Å². The van der Waals surface area contributed by atoms with Crippen molar-refractivity contribution in [2.45, 2.75) is 25.9 Å². The van der Waals surface area contributed by atoms with E-state index in [0.29, 0.717) is 12.8 Å². The molecular weight excluding hydrogens is 241 g/mol. The molecule has 0 N–H and O–H groups in total. The average Bonchev–Trinajstić information content (AvgIpc) is 2.34. The molecule has 0 unspecified atom stereocenters. The van der Waals surface area contributed by atoms with Gasteiger partial charge < -0.3 is 4.74 Å². The molecule has 0 spiro atoms. The van der Waals surface area contributed by atoms with Gasteiger partial charge in [0.1, 0.15) is 0 Å². The molecule has 1 aromatic rings. The number of benzene rings is 1. The lowest BCUT2D eigenvalue weighted by Crippen LogP contribution is -2.07. The normalized spacial score (nSPS) is 11.9. The molecule has 1 rings (SSSR count). The third-order valence-corrected chi connectivity index (χ3v) is 2.29. The third-order valence-electron chi connectivity index (χ3n) is 2.29. The second-order valence-corrected chi connectivity index (χ2v) is 3.86. The van der Waals surface area contributed by atoms with E-state index in [1.807, 2.05) is 0 Å². The Kier molecular flexibility index (Phi) is 5.23. The van der Waals surface area contributed by atoms with Crippen LogP contribution in [0.4, 0.5) is 10.1 Å². The van der Waals surface area contributed by atoms with E-state index < -0.39 is 17.1 Å². The number of nitrogens with zero attached hydrogens (tertiary/aromatic N) is 1. The summed E-state index contributed by atoms with van der Waals surface area (Å²) in [6.45, 7) is 1.59. The Bertz CT molecular complexity index is 417. The van der Waals surface area contributed by atoms with E-state index in [9.17, 15) is 19.3 Å². The molecule has 98 valence electrons. The molecule has 6 heteroatoms. The third kappa shape index (κ3) is 4.48. The second-order valence-electron chi connectivity index (χ2n) is 3.86. The zero-order valence-electron chi connectivity index (χ0n) is 9.97. The van der Waals surface area contributed by atoms with Crippen molar-refractivity contribution in [1.82, 2.24) is 0 Å². The minimum Gasteiger partial charge on any atom is -0.462 e. The van der Waals surface area contributed by atoms with Gasteiger partial charge in [-0.1, -0.05) is 0 Å². The lowest BCUT2D eigenvalue weighted by Gasteiger charge is -2.05. The standard InChI is InChI=1S/C12H14FNO4/c1-9(13)3-2-8-18-12(15)10-4-6-11(7-5-10)14(16)17/h4-7,9H,2-3,8H2,1H3/t9-/m1/s1. The summed E-state index contributed by atoms with van der Waals surface area (Å²) in [4.78, 5) is 21.4. The van der Waals surface area contributed by atoms with Crippen LogP contribution in [-0.4, -0.2) is 23.7 Å². The monoisotopic (exact) mass is 255 g/mol. The number of hydrogen-bond acceptors (Lipinski definition) is 4. The number of alkyl halides is 1. The summed E-state index contributed by atoms with van der Waals surface area (Å²) < 4.78 is 17.4. The van der Waals surface area contributed by atoms with Gasteiger partial charge in [0.15, 0.2) is 0 Å². The van der Waals surface area contributed by atoms with Gasteiger partial charge in [0, 0.05) is 12.1 Å². The largest absolute Gasteiger partial charge is 0.462 e. The smallest absolute Gasteiger partial charge is 0.338 e. The first-order chi connectivity index (χ1) is 8.50. The van der Waals surface area contributed by atoms with Crippen molar-refractivity contribution < 1.29 is 18.8 Å². The Morgan fingerprint density at radius 3 is 2.56 bits per heavy atom. The highest BCUT2D eigenvalue weighted by atomic mass is 19.1. The van der Waals surface area contributed by atoms with Crippen LogP contribution in [0.25, 0.3) is 0 Å². The molecule has 0 fully saturated rings. The Morgan fingerprint density at radius 2 is 2.06 bits per heavy atom. The number of halogens is 1. The van der Waals surface area contributed by atoms with Crippen LogP contribution in [0.5, 0.6) is 0 Å². The highest BCUT2D eigenvalue weighted by Gasteiger charge is 2.10. The van der Waals surface area contributed by atoms with Crippen LogP contribution >= 0.6 is 0 Å². The van der Waals surface area contributed by atoms with Crippen molar-refractivity contribution in [1.29, 1.82) is 0 Å². The predicted octanol–water partition coefficient (Wildman–Crippen LogP) is 2.89. The summed E-state index contributed by atoms with van der Waals surface area (Å²) in [5, 5.41) is 10.4. The van der Waals surface area contributed by atoms with Crippen molar-refractivity contribution in [3.05, 3.63) is 39.9 Å². The molecule has 0 saturated carbocycles. The van der Waals surface area contributed by atoms with Crippen LogP contribution in [0.3, 0.4) is 0 Å². The molecule has 0 aliphatic rings. The molecule has 1 aromatic carbocycles. The molecule has 0 saturated heterocycles. The van der Waals surface area contributed by atoms with E-state index in [4.69, 9.17) is 4.74 Å². The van der Waals surface area contributed by atoms with Crippen molar-refractivity contribution in [3.63, 3.8) is 0 Å². The van der Waals surface area contributed by atoms with Gasteiger partial charge in [-0.3, -0.25) is 10.1 Å². The first kappa shape index (κ1) is 14.1. The van der Waals surface area contributed by atoms with Gasteiger partial charge in [0.05, 0.1) is 23.3 Å². The zero-order valence-corrected chi connectivity index (χ0v) is 9.97. The maximum atomic E-state index is 12.5. The maximum absolute atomic E-state index is 12.5. The van der Waals surface area contributed by atoms with Crippen molar-refractivity contribution in [2.24, 2.45) is 0 Å². The van der Waals surface area contributed by atoms with Crippen LogP contribution < -0.4 is 0 Å². The number of esters is 1. The van der Waals surface area contributed by atoms with Crippen LogP contribution in [0.1, 0.15) is 30.1 Å². The lowest BCUT2D eigenvalue weighted by atomic mass is 10.2. The molecule has 0 radical (unpaired) electrons. The van der Waals surface area contributed by atoms with Gasteiger partial charge in [0.2, 0.25) is 0 Å². The predicted molar refractivity (Wildman–Crippen MR) is 63.2 cm³/mol. The minimum atomic E-state index is -0.914. The SMILES string of the molecule is C[C@@H](F)CCCOC(=O)c1ccc([N+](=O)[O-])cc1. The molecule has 0 aromatic heterocycles. The Hall–Kier alpha value is -1.98. The van der Waals surface area contributed by atoms with Gasteiger partial charge in [-0.2, -0.15) is 0 Å². The van der Waals surface area contributed by atoms with Crippen molar-refractivity contribution in [2.75, 3.05) is 6.61 Å². The zero-order chi connectivity index (χ0) is 13.5. The van der Waals surface area contributed by atoms with E-state index in [0.717, 1.165) is 0 Å². The number of carbonyl (C=O) groups excluding carboxylic acids is 1. The van der Waals surface area contributed by atoms with Crippen molar-refractivity contribution >= 4 is 11.7 Å². The first-order valence-corrected chi connectivity index (χ1v) is 5.56. The molecule has 1 atom stereocenters. The number of nitro groups is 1. The van der Waals surface area contributed by atoms with E-state index in [1.165, 1.54) is 31.2 Å². The van der Waals surface area contributed by atoms with Gasteiger partial charge >= 0.3 is 5.97 Å². The summed E-state index contributed by atoms with van der Waals surface area (Å²) in [5.74, 6) is -0.559. The molecule has 0 heterocycles. The molecule has 5 nitrogen and oxygen atoms in total. The topological polar surface area (TPSA) is 69.4 Å². The summed E-state index contributed by atoms with van der Waals surface area (Å²) in [7, 11) is 0. The number of carbonyl (C=O) groups is 1. The highest BCUT2D eigenvalue weighted by Crippen LogP contribution is 2.12. The quantitative estimate of drug-likeness (QED) is 0.339. The van der Waals surface area contributed by atoms with Crippen LogP contribution in [0, 0.1) is 10.1 Å². The van der Waals surface area contributed by atoms with Crippen LogP contribution in [0.2, 0.25) is 0 Å². The number of ether oxygens (including phenoxy) is 1. The van der Waals surface area contributed by atoms with E-state index in [2.05, 4.69) is 0 Å². The maximum Gasteiger partial charge on any atom is 0.338 e. The molecule has 0 amide bonds. The number of rotatable bonds is 6. The second kappa shape index (κ2) is 6.68. The number of non-ortho nitro benzene ring substituents is 1.